The predicted octanol–water partition coefficient (Wildman–Crippen LogP) is 3.36. The Morgan fingerprint density at radius 1 is 1.20 bits per heavy atom. The Hall–Kier alpha value is -1.48. The molecule has 0 spiro atoms. The number of piperidine rings is 1. The lowest BCUT2D eigenvalue weighted by molar-refractivity contribution is 0.158. The molecule has 0 aromatic heterocycles. The van der Waals surface area contributed by atoms with E-state index >= 15 is 0 Å². The number of para-hydroxylation sites is 2. The van der Waals surface area contributed by atoms with E-state index in [1.807, 2.05) is 24.3 Å². The molecule has 3 nitrogen and oxygen atoms in total. The lowest BCUT2D eigenvalue weighted by Gasteiger charge is -2.30. The monoisotopic (exact) mass is 275 g/mol. The molecule has 1 aromatic rings. The number of nitrogens with zero attached hydrogens (tertiary/aromatic N) is 1. The Morgan fingerprint density at radius 3 is 2.50 bits per heavy atom. The van der Waals surface area contributed by atoms with Crippen LogP contribution >= 0.6 is 0 Å². The fourth-order valence-corrected chi connectivity index (χ4v) is 2.41. The van der Waals surface area contributed by atoms with Crippen LogP contribution in [0.5, 0.6) is 11.5 Å². The third kappa shape index (κ3) is 4.57. The first-order valence-corrected chi connectivity index (χ1v) is 7.47. The third-order valence-electron chi connectivity index (χ3n) is 3.75. The zero-order valence-electron chi connectivity index (χ0n) is 12.4. The van der Waals surface area contributed by atoms with Crippen LogP contribution in [0.3, 0.4) is 0 Å². The predicted molar refractivity (Wildman–Crippen MR) is 82.5 cm³/mol. The van der Waals surface area contributed by atoms with Crippen LogP contribution in [0.2, 0.25) is 0 Å². The van der Waals surface area contributed by atoms with E-state index in [0.717, 1.165) is 24.0 Å². The summed E-state index contributed by atoms with van der Waals surface area (Å²) >= 11 is 0. The van der Waals surface area contributed by atoms with Crippen molar-refractivity contribution in [3.8, 4) is 11.5 Å². The molecular weight excluding hydrogens is 250 g/mol. The zero-order valence-corrected chi connectivity index (χ0v) is 12.4. The van der Waals surface area contributed by atoms with Gasteiger partial charge in [-0.3, -0.25) is 4.90 Å². The van der Waals surface area contributed by atoms with Gasteiger partial charge in [-0.15, -0.1) is 0 Å². The van der Waals surface area contributed by atoms with Crippen LogP contribution in [-0.2, 0) is 0 Å². The van der Waals surface area contributed by atoms with E-state index < -0.39 is 0 Å². The number of rotatable bonds is 7. The average molecular weight is 275 g/mol. The SMILES string of the molecule is C=CCOc1ccccc1OCCN1CCC(C)CC1. The molecule has 2 rings (SSSR count). The molecule has 20 heavy (non-hydrogen) atoms. The van der Waals surface area contributed by atoms with Crippen molar-refractivity contribution in [2.24, 2.45) is 5.92 Å². The van der Waals surface area contributed by atoms with Crippen molar-refractivity contribution in [1.29, 1.82) is 0 Å². The van der Waals surface area contributed by atoms with Crippen LogP contribution in [0, 0.1) is 5.92 Å². The second kappa shape index (κ2) is 7.95. The Kier molecular flexibility index (Phi) is 5.93. The van der Waals surface area contributed by atoms with Gasteiger partial charge in [0.1, 0.15) is 13.2 Å². The molecule has 1 aromatic carbocycles. The molecular formula is C17H25NO2. The lowest BCUT2D eigenvalue weighted by Crippen LogP contribution is -2.35. The number of ether oxygens (including phenoxy) is 2. The molecule has 0 saturated carbocycles. The summed E-state index contributed by atoms with van der Waals surface area (Å²) in [5.41, 5.74) is 0. The van der Waals surface area contributed by atoms with Crippen molar-refractivity contribution in [1.82, 2.24) is 4.90 Å². The van der Waals surface area contributed by atoms with E-state index in [1.165, 1.54) is 25.9 Å². The third-order valence-corrected chi connectivity index (χ3v) is 3.75. The highest BCUT2D eigenvalue weighted by molar-refractivity contribution is 5.39. The first-order chi connectivity index (χ1) is 9.79. The van der Waals surface area contributed by atoms with Crippen LogP contribution in [0.15, 0.2) is 36.9 Å². The number of hydrogen-bond donors (Lipinski definition) is 0. The van der Waals surface area contributed by atoms with E-state index in [9.17, 15) is 0 Å². The molecule has 1 heterocycles. The minimum atomic E-state index is 0.504. The van der Waals surface area contributed by atoms with Gasteiger partial charge >= 0.3 is 0 Å². The summed E-state index contributed by atoms with van der Waals surface area (Å²) in [6.45, 7) is 10.6. The van der Waals surface area contributed by atoms with Gasteiger partial charge in [0.2, 0.25) is 0 Å². The highest BCUT2D eigenvalue weighted by atomic mass is 16.5. The van der Waals surface area contributed by atoms with Gasteiger partial charge in [0.25, 0.3) is 0 Å². The Bertz CT molecular complexity index is 411. The van der Waals surface area contributed by atoms with E-state index in [1.54, 1.807) is 6.08 Å². The van der Waals surface area contributed by atoms with E-state index in [-0.39, 0.29) is 0 Å². The summed E-state index contributed by atoms with van der Waals surface area (Å²) in [5.74, 6) is 2.49. The molecule has 110 valence electrons. The fourth-order valence-electron chi connectivity index (χ4n) is 2.41. The summed E-state index contributed by atoms with van der Waals surface area (Å²) in [6.07, 6.45) is 4.35. The summed E-state index contributed by atoms with van der Waals surface area (Å²) in [7, 11) is 0. The van der Waals surface area contributed by atoms with Crippen molar-refractivity contribution in [3.05, 3.63) is 36.9 Å². The quantitative estimate of drug-likeness (QED) is 0.712. The van der Waals surface area contributed by atoms with Gasteiger partial charge in [-0.25, -0.2) is 0 Å². The molecule has 1 saturated heterocycles. The number of hydrogen-bond acceptors (Lipinski definition) is 3. The smallest absolute Gasteiger partial charge is 0.161 e. The minimum absolute atomic E-state index is 0.504. The normalized spacial score (nSPS) is 16.9. The van der Waals surface area contributed by atoms with Gasteiger partial charge < -0.3 is 9.47 Å². The van der Waals surface area contributed by atoms with Crippen LogP contribution in [0.25, 0.3) is 0 Å². The van der Waals surface area contributed by atoms with E-state index in [2.05, 4.69) is 18.4 Å². The van der Waals surface area contributed by atoms with Gasteiger partial charge in [-0.05, 0) is 44.0 Å². The largest absolute Gasteiger partial charge is 0.488 e. The van der Waals surface area contributed by atoms with Crippen molar-refractivity contribution in [3.63, 3.8) is 0 Å². The summed E-state index contributed by atoms with van der Waals surface area (Å²) in [5, 5.41) is 0. The van der Waals surface area contributed by atoms with E-state index in [0.29, 0.717) is 13.2 Å². The molecule has 1 fully saturated rings. The van der Waals surface area contributed by atoms with Crippen molar-refractivity contribution < 1.29 is 9.47 Å². The molecule has 1 aliphatic heterocycles. The Labute approximate surface area is 122 Å². The minimum Gasteiger partial charge on any atom is -0.488 e. The van der Waals surface area contributed by atoms with Gasteiger partial charge in [0.15, 0.2) is 11.5 Å². The summed E-state index contributed by atoms with van der Waals surface area (Å²) in [6, 6.07) is 7.81. The van der Waals surface area contributed by atoms with Crippen LogP contribution < -0.4 is 9.47 Å². The van der Waals surface area contributed by atoms with Gasteiger partial charge in [0, 0.05) is 6.54 Å². The molecule has 0 N–H and O–H groups in total. The topological polar surface area (TPSA) is 21.7 Å². The van der Waals surface area contributed by atoms with Crippen LogP contribution in [0.4, 0.5) is 0 Å². The molecule has 0 bridgehead atoms. The maximum absolute atomic E-state index is 5.86. The summed E-state index contributed by atoms with van der Waals surface area (Å²) < 4.78 is 11.4. The molecule has 3 heteroatoms. The van der Waals surface area contributed by atoms with Gasteiger partial charge in [0.05, 0.1) is 0 Å². The van der Waals surface area contributed by atoms with Crippen LogP contribution in [0.1, 0.15) is 19.8 Å². The second-order valence-corrected chi connectivity index (χ2v) is 5.42. The van der Waals surface area contributed by atoms with Crippen LogP contribution in [-0.4, -0.2) is 37.7 Å². The molecule has 0 unspecified atom stereocenters. The maximum Gasteiger partial charge on any atom is 0.161 e. The van der Waals surface area contributed by atoms with Gasteiger partial charge in [-0.2, -0.15) is 0 Å². The maximum atomic E-state index is 5.86. The Morgan fingerprint density at radius 2 is 1.85 bits per heavy atom. The first-order valence-electron chi connectivity index (χ1n) is 7.47. The molecule has 1 aliphatic rings. The fraction of sp³-hybridized carbons (Fsp3) is 0.529. The highest BCUT2D eigenvalue weighted by Gasteiger charge is 2.15. The number of benzene rings is 1. The Balaban J connectivity index is 1.77. The van der Waals surface area contributed by atoms with E-state index in [4.69, 9.17) is 9.47 Å². The highest BCUT2D eigenvalue weighted by Crippen LogP contribution is 2.26. The second-order valence-electron chi connectivity index (χ2n) is 5.42. The molecule has 0 radical (unpaired) electrons. The number of likely N-dealkylation sites (tertiary alicyclic amines) is 1. The zero-order chi connectivity index (χ0) is 14.2. The standard InChI is InChI=1S/C17H25NO2/c1-3-13-19-16-6-4-5-7-17(16)20-14-12-18-10-8-15(2)9-11-18/h3-7,15H,1,8-14H2,2H3. The lowest BCUT2D eigenvalue weighted by atomic mass is 9.99. The van der Waals surface area contributed by atoms with Gasteiger partial charge in [-0.1, -0.05) is 31.7 Å². The van der Waals surface area contributed by atoms with Crippen molar-refractivity contribution in [2.45, 2.75) is 19.8 Å². The molecule has 0 amide bonds. The molecule has 0 atom stereocenters. The van der Waals surface area contributed by atoms with Crippen molar-refractivity contribution >= 4 is 0 Å². The summed E-state index contributed by atoms with van der Waals surface area (Å²) in [4.78, 5) is 2.48. The van der Waals surface area contributed by atoms with Crippen molar-refractivity contribution in [2.75, 3.05) is 32.8 Å². The average Bonchev–Trinajstić information content (AvgIpc) is 2.48. The first kappa shape index (κ1) is 14.9. The molecule has 0 aliphatic carbocycles.